The van der Waals surface area contributed by atoms with Crippen LogP contribution in [0.2, 0.25) is 0 Å². The number of aromatic nitrogens is 2. The van der Waals surface area contributed by atoms with E-state index in [-0.39, 0.29) is 17.9 Å². The van der Waals surface area contributed by atoms with E-state index in [0.717, 1.165) is 65.8 Å². The van der Waals surface area contributed by atoms with E-state index >= 15 is 0 Å². The van der Waals surface area contributed by atoms with Crippen molar-refractivity contribution in [3.8, 4) is 5.75 Å². The van der Waals surface area contributed by atoms with Crippen LogP contribution in [0.4, 0.5) is 0 Å². The third-order valence-corrected chi connectivity index (χ3v) is 10.7. The van der Waals surface area contributed by atoms with Crippen LogP contribution in [0.1, 0.15) is 49.2 Å². The number of fused-ring (bicyclic) bond motifs is 7. The van der Waals surface area contributed by atoms with Crippen LogP contribution < -0.4 is 4.74 Å². The minimum Gasteiger partial charge on any atom is -0.493 e. The number of hydrazone groups is 1. The number of hydrogen-bond acceptors (Lipinski definition) is 9. The van der Waals surface area contributed by atoms with E-state index in [1.807, 2.05) is 79.9 Å². The normalized spacial score (nSPS) is 25.2. The molecule has 2 atom stereocenters. The fourth-order valence-electron chi connectivity index (χ4n) is 5.98. The van der Waals surface area contributed by atoms with E-state index < -0.39 is 0 Å². The standard InChI is InChI=1S/C35H44ClN5O3S2/c1-24-18-29-13-12-27(36)11-10-25(2)39(3)37-14-17-45-22-28-20-30(40(4)38-28)23-46-31-19-26-8-6-9-32(26)33(21-31)44-16-7-15-41(29)34(24)35(42)43-5/h10-14,18-21,24,34H,6-9,15-17,22-23H2,1-5H3/b13-12-,25-10+,27-11-,37-14+. The van der Waals surface area contributed by atoms with Gasteiger partial charge in [0.15, 0.2) is 0 Å². The lowest BCUT2D eigenvalue weighted by atomic mass is 10.0. The maximum absolute atomic E-state index is 12.8. The number of aryl methyl sites for hydroxylation is 2. The van der Waals surface area contributed by atoms with Gasteiger partial charge in [0, 0.05) is 77.0 Å². The maximum atomic E-state index is 12.8. The van der Waals surface area contributed by atoms with Gasteiger partial charge in [-0.25, -0.2) is 4.79 Å². The zero-order valence-electron chi connectivity index (χ0n) is 27.4. The smallest absolute Gasteiger partial charge is 0.329 e. The molecule has 0 saturated carbocycles. The summed E-state index contributed by atoms with van der Waals surface area (Å²) in [5.41, 5.74) is 6.92. The minimum atomic E-state index is -0.387. The van der Waals surface area contributed by atoms with Crippen molar-refractivity contribution in [2.24, 2.45) is 18.1 Å². The molecule has 0 fully saturated rings. The SMILES string of the molecule is COC(=O)C1C(C)C=C2\C=C/C(Cl)=C/C=C(\C)N(C)/N=C/CSCc3cc(n(C)n3)CSc3cc4c(c(c3)OCCCN21)CCC4. The van der Waals surface area contributed by atoms with E-state index in [1.54, 1.807) is 11.8 Å². The summed E-state index contributed by atoms with van der Waals surface area (Å²) in [4.78, 5) is 16.2. The summed E-state index contributed by atoms with van der Waals surface area (Å²) in [6, 6.07) is 6.36. The van der Waals surface area contributed by atoms with Crippen LogP contribution >= 0.6 is 35.1 Å². The summed E-state index contributed by atoms with van der Waals surface area (Å²) in [7, 11) is 5.39. The first-order valence-corrected chi connectivity index (χ1v) is 18.3. The van der Waals surface area contributed by atoms with Gasteiger partial charge in [-0.2, -0.15) is 10.2 Å². The van der Waals surface area contributed by atoms with Crippen molar-refractivity contribution in [2.45, 2.75) is 62.0 Å². The summed E-state index contributed by atoms with van der Waals surface area (Å²) in [6.07, 6.45) is 15.7. The number of methoxy groups -OCH3 is 1. The maximum Gasteiger partial charge on any atom is 0.329 e. The molecule has 3 aliphatic rings. The number of thioether (sulfide) groups is 2. The van der Waals surface area contributed by atoms with Crippen molar-refractivity contribution >= 4 is 47.3 Å². The second-order valence-electron chi connectivity index (χ2n) is 11.8. The van der Waals surface area contributed by atoms with Crippen molar-refractivity contribution in [1.82, 2.24) is 19.7 Å². The van der Waals surface area contributed by atoms with Gasteiger partial charge in [-0.1, -0.05) is 24.6 Å². The van der Waals surface area contributed by atoms with Gasteiger partial charge < -0.3 is 14.4 Å². The number of esters is 1. The van der Waals surface area contributed by atoms with Gasteiger partial charge >= 0.3 is 5.97 Å². The molecule has 0 amide bonds. The fourth-order valence-corrected chi connectivity index (χ4v) is 7.74. The molecule has 246 valence electrons. The summed E-state index contributed by atoms with van der Waals surface area (Å²) >= 11 is 10.2. The van der Waals surface area contributed by atoms with Crippen LogP contribution in [0.3, 0.4) is 0 Å². The lowest BCUT2D eigenvalue weighted by Crippen LogP contribution is -2.41. The number of carbonyl (C=O) groups excluding carboxylic acids is 1. The first kappa shape index (κ1) is 34.3. The zero-order chi connectivity index (χ0) is 32.6. The molecular formula is C35H44ClN5O3S2. The molecule has 1 aliphatic carbocycles. The Morgan fingerprint density at radius 3 is 2.78 bits per heavy atom. The van der Waals surface area contributed by atoms with Gasteiger partial charge in [0.25, 0.3) is 0 Å². The van der Waals surface area contributed by atoms with E-state index in [2.05, 4.69) is 34.3 Å². The minimum absolute atomic E-state index is 0.00566. The van der Waals surface area contributed by atoms with Crippen molar-refractivity contribution in [1.29, 1.82) is 0 Å². The summed E-state index contributed by atoms with van der Waals surface area (Å²) < 4.78 is 13.7. The van der Waals surface area contributed by atoms with Crippen LogP contribution in [0.5, 0.6) is 5.75 Å². The largest absolute Gasteiger partial charge is 0.493 e. The molecule has 5 rings (SSSR count). The molecule has 0 N–H and O–H groups in total. The van der Waals surface area contributed by atoms with Crippen LogP contribution in [-0.2, 0) is 40.9 Å². The van der Waals surface area contributed by atoms with Crippen molar-refractivity contribution in [2.75, 3.05) is 33.1 Å². The predicted molar refractivity (Wildman–Crippen MR) is 190 cm³/mol. The van der Waals surface area contributed by atoms with Crippen molar-refractivity contribution < 1.29 is 14.3 Å². The Bertz CT molecular complexity index is 1560. The highest BCUT2D eigenvalue weighted by Crippen LogP contribution is 2.37. The van der Waals surface area contributed by atoms with Crippen LogP contribution in [-0.4, -0.2) is 71.0 Å². The van der Waals surface area contributed by atoms with Crippen molar-refractivity contribution in [3.63, 3.8) is 0 Å². The monoisotopic (exact) mass is 681 g/mol. The number of carbonyl (C=O) groups is 1. The number of allylic oxidation sites excluding steroid dienone is 6. The summed E-state index contributed by atoms with van der Waals surface area (Å²) in [5, 5.41) is 11.7. The molecule has 3 heterocycles. The molecule has 2 aromatic rings. The number of hydrogen-bond donors (Lipinski definition) is 0. The topological polar surface area (TPSA) is 72.2 Å². The molecule has 46 heavy (non-hydrogen) atoms. The Hall–Kier alpha value is -3.08. The highest BCUT2D eigenvalue weighted by molar-refractivity contribution is 7.99. The lowest BCUT2D eigenvalue weighted by molar-refractivity contribution is -0.146. The molecule has 4 bridgehead atoms. The number of rotatable bonds is 1. The highest BCUT2D eigenvalue weighted by Gasteiger charge is 2.36. The molecule has 8 nitrogen and oxygen atoms in total. The summed E-state index contributed by atoms with van der Waals surface area (Å²) in [5.74, 6) is 3.21. The molecule has 2 unspecified atom stereocenters. The number of nitrogens with zero attached hydrogens (tertiary/aromatic N) is 5. The third kappa shape index (κ3) is 8.63. The first-order chi connectivity index (χ1) is 22.2. The molecule has 1 aromatic heterocycles. The second kappa shape index (κ2) is 16.2. The average Bonchev–Trinajstić information content (AvgIpc) is 3.75. The van der Waals surface area contributed by atoms with E-state index in [1.165, 1.54) is 28.8 Å². The lowest BCUT2D eigenvalue weighted by Gasteiger charge is -2.29. The van der Waals surface area contributed by atoms with Crippen LogP contribution in [0.15, 0.2) is 75.0 Å². The Morgan fingerprint density at radius 1 is 1.11 bits per heavy atom. The molecule has 0 spiro atoms. The average molecular weight is 682 g/mol. The quantitative estimate of drug-likeness (QED) is 0.296. The Kier molecular flexibility index (Phi) is 12.0. The Morgan fingerprint density at radius 2 is 1.96 bits per heavy atom. The van der Waals surface area contributed by atoms with Crippen LogP contribution in [0.25, 0.3) is 0 Å². The second-order valence-corrected chi connectivity index (χ2v) is 14.3. The van der Waals surface area contributed by atoms with Gasteiger partial charge in [-0.3, -0.25) is 9.69 Å². The molecule has 1 aromatic carbocycles. The van der Waals surface area contributed by atoms with Gasteiger partial charge in [0.2, 0.25) is 0 Å². The Balaban J connectivity index is 1.39. The number of benzene rings is 1. The third-order valence-electron chi connectivity index (χ3n) is 8.51. The van der Waals surface area contributed by atoms with Crippen LogP contribution in [0, 0.1) is 5.92 Å². The molecule has 0 saturated heterocycles. The van der Waals surface area contributed by atoms with Gasteiger partial charge in [-0.05, 0) is 86.2 Å². The molecule has 11 heteroatoms. The summed E-state index contributed by atoms with van der Waals surface area (Å²) in [6.45, 7) is 5.25. The first-order valence-electron chi connectivity index (χ1n) is 15.8. The highest BCUT2D eigenvalue weighted by atomic mass is 35.5. The van der Waals surface area contributed by atoms with E-state index in [4.69, 9.17) is 26.2 Å². The molecule has 2 aliphatic heterocycles. The van der Waals surface area contributed by atoms with E-state index in [0.29, 0.717) is 18.2 Å². The number of ether oxygens (including phenoxy) is 2. The molecular weight excluding hydrogens is 638 g/mol. The number of halogens is 1. The van der Waals surface area contributed by atoms with Crippen molar-refractivity contribution in [3.05, 3.63) is 87.5 Å². The fraction of sp³-hybridized carbons (Fsp3) is 0.457. The zero-order valence-corrected chi connectivity index (χ0v) is 29.8. The van der Waals surface area contributed by atoms with E-state index in [9.17, 15) is 4.79 Å². The van der Waals surface area contributed by atoms with Gasteiger partial charge in [-0.15, -0.1) is 23.5 Å². The molecule has 0 radical (unpaired) electrons. The van der Waals surface area contributed by atoms with Gasteiger partial charge in [0.05, 0.1) is 19.4 Å². The van der Waals surface area contributed by atoms with Gasteiger partial charge in [0.1, 0.15) is 11.8 Å². The Labute approximate surface area is 286 Å². The predicted octanol–water partition coefficient (Wildman–Crippen LogP) is 7.09.